The lowest BCUT2D eigenvalue weighted by Gasteiger charge is -2.09. The third-order valence-corrected chi connectivity index (χ3v) is 5.72. The number of nitrogens with one attached hydrogen (secondary N) is 1. The first-order valence-corrected chi connectivity index (χ1v) is 10.9. The van der Waals surface area contributed by atoms with Crippen molar-refractivity contribution in [3.8, 4) is 23.1 Å². The number of anilines is 1. The van der Waals surface area contributed by atoms with Crippen LogP contribution in [0.15, 0.2) is 58.2 Å². The third-order valence-electron chi connectivity index (χ3n) is 4.70. The van der Waals surface area contributed by atoms with Crippen LogP contribution in [-0.2, 0) is 16.6 Å². The Morgan fingerprint density at radius 3 is 2.64 bits per heavy atom. The topological polar surface area (TPSA) is 125 Å². The van der Waals surface area contributed by atoms with Crippen molar-refractivity contribution in [1.29, 1.82) is 0 Å². The van der Waals surface area contributed by atoms with Crippen LogP contribution in [0.5, 0.6) is 0 Å². The zero-order valence-corrected chi connectivity index (χ0v) is 18.9. The first-order valence-electron chi connectivity index (χ1n) is 9.86. The molecule has 0 saturated heterocycles. The van der Waals surface area contributed by atoms with Gasteiger partial charge in [0.15, 0.2) is 5.16 Å². The van der Waals surface area contributed by atoms with Gasteiger partial charge < -0.3 is 19.1 Å². The number of para-hydroxylation sites is 1. The predicted molar refractivity (Wildman–Crippen MR) is 122 cm³/mol. The second kappa shape index (κ2) is 9.65. The van der Waals surface area contributed by atoms with E-state index >= 15 is 0 Å². The van der Waals surface area contributed by atoms with Crippen LogP contribution in [0.2, 0.25) is 0 Å². The average Bonchev–Trinajstić information content (AvgIpc) is 3.45. The summed E-state index contributed by atoms with van der Waals surface area (Å²) < 4.78 is 11.8. The molecule has 0 bridgehead atoms. The summed E-state index contributed by atoms with van der Waals surface area (Å²) in [6.07, 6.45) is 0. The first-order chi connectivity index (χ1) is 16.0. The van der Waals surface area contributed by atoms with E-state index in [2.05, 4.69) is 25.7 Å². The largest absolute Gasteiger partial charge is 0.465 e. The van der Waals surface area contributed by atoms with Crippen LogP contribution in [-0.4, -0.2) is 49.6 Å². The molecule has 4 aromatic rings. The second-order valence-corrected chi connectivity index (χ2v) is 7.97. The molecule has 0 aliphatic carbocycles. The van der Waals surface area contributed by atoms with Crippen LogP contribution in [0.25, 0.3) is 23.1 Å². The van der Waals surface area contributed by atoms with E-state index in [1.807, 2.05) is 31.2 Å². The molecule has 10 nitrogen and oxygen atoms in total. The van der Waals surface area contributed by atoms with Gasteiger partial charge in [0.2, 0.25) is 17.6 Å². The molecular weight excluding hydrogens is 444 g/mol. The molecule has 33 heavy (non-hydrogen) atoms. The first kappa shape index (κ1) is 22.2. The Hall–Kier alpha value is -3.99. The highest BCUT2D eigenvalue weighted by Gasteiger charge is 2.19. The molecular formula is C22H20N6O4S. The van der Waals surface area contributed by atoms with E-state index in [-0.39, 0.29) is 23.1 Å². The van der Waals surface area contributed by atoms with Crippen LogP contribution in [0.3, 0.4) is 0 Å². The SMILES string of the molecule is COC(=O)c1ccccc1NC(=O)CSc1nnc(-c2nc(-c3ccc(C)cc3)no2)n1C. The third kappa shape index (κ3) is 4.93. The summed E-state index contributed by atoms with van der Waals surface area (Å²) in [5, 5.41) is 15.5. The van der Waals surface area contributed by atoms with E-state index in [0.29, 0.717) is 22.5 Å². The van der Waals surface area contributed by atoms with Crippen LogP contribution in [0.1, 0.15) is 15.9 Å². The van der Waals surface area contributed by atoms with Gasteiger partial charge in [0, 0.05) is 12.6 Å². The van der Waals surface area contributed by atoms with E-state index in [4.69, 9.17) is 9.26 Å². The standard InChI is InChI=1S/C22H20N6O4S/c1-13-8-10-14(11-9-13)18-24-20(32-27-18)19-25-26-22(28(19)2)33-12-17(29)23-16-7-5-4-6-15(16)21(30)31-3/h4-11H,12H2,1-3H3,(H,23,29). The van der Waals surface area contributed by atoms with Crippen molar-refractivity contribution in [3.63, 3.8) is 0 Å². The fourth-order valence-corrected chi connectivity index (χ4v) is 3.67. The maximum absolute atomic E-state index is 12.4. The van der Waals surface area contributed by atoms with Crippen LogP contribution in [0, 0.1) is 6.92 Å². The Labute approximate surface area is 193 Å². The molecule has 2 aromatic heterocycles. The normalized spacial score (nSPS) is 10.8. The molecule has 0 unspecified atom stereocenters. The number of rotatable bonds is 7. The zero-order chi connectivity index (χ0) is 23.4. The summed E-state index contributed by atoms with van der Waals surface area (Å²) >= 11 is 1.19. The van der Waals surface area contributed by atoms with Gasteiger partial charge in [-0.3, -0.25) is 4.79 Å². The maximum atomic E-state index is 12.4. The molecule has 11 heteroatoms. The highest BCUT2D eigenvalue weighted by atomic mass is 32.2. The highest BCUT2D eigenvalue weighted by Crippen LogP contribution is 2.25. The Kier molecular flexibility index (Phi) is 6.50. The lowest BCUT2D eigenvalue weighted by atomic mass is 10.1. The Balaban J connectivity index is 1.43. The van der Waals surface area contributed by atoms with Crippen LogP contribution in [0.4, 0.5) is 5.69 Å². The van der Waals surface area contributed by atoms with Crippen molar-refractivity contribution in [2.45, 2.75) is 12.1 Å². The van der Waals surface area contributed by atoms with Gasteiger partial charge in [-0.15, -0.1) is 10.2 Å². The van der Waals surface area contributed by atoms with Crippen LogP contribution < -0.4 is 5.32 Å². The van der Waals surface area contributed by atoms with Gasteiger partial charge >= 0.3 is 5.97 Å². The number of hydrogen-bond acceptors (Lipinski definition) is 9. The quantitative estimate of drug-likeness (QED) is 0.324. The molecule has 0 spiro atoms. The lowest BCUT2D eigenvalue weighted by molar-refractivity contribution is -0.113. The number of amides is 1. The van der Waals surface area contributed by atoms with E-state index in [0.717, 1.165) is 11.1 Å². The maximum Gasteiger partial charge on any atom is 0.339 e. The molecule has 1 N–H and O–H groups in total. The van der Waals surface area contributed by atoms with Crippen LogP contribution >= 0.6 is 11.8 Å². The molecule has 4 rings (SSSR count). The summed E-state index contributed by atoms with van der Waals surface area (Å²) in [7, 11) is 3.04. The minimum atomic E-state index is -0.527. The van der Waals surface area contributed by atoms with E-state index in [9.17, 15) is 9.59 Å². The van der Waals surface area contributed by atoms with Crippen molar-refractivity contribution in [2.75, 3.05) is 18.2 Å². The van der Waals surface area contributed by atoms with Crippen molar-refractivity contribution in [1.82, 2.24) is 24.9 Å². The molecule has 1 amide bonds. The fraction of sp³-hybridized carbons (Fsp3) is 0.182. The fourth-order valence-electron chi connectivity index (χ4n) is 2.96. The summed E-state index contributed by atoms with van der Waals surface area (Å²) in [5.74, 6) is 0.288. The number of esters is 1. The highest BCUT2D eigenvalue weighted by molar-refractivity contribution is 7.99. The lowest BCUT2D eigenvalue weighted by Crippen LogP contribution is -2.17. The molecule has 0 atom stereocenters. The number of nitrogens with zero attached hydrogens (tertiary/aromatic N) is 5. The number of methoxy groups -OCH3 is 1. The van der Waals surface area contributed by atoms with Crippen molar-refractivity contribution in [3.05, 3.63) is 59.7 Å². The number of benzene rings is 2. The summed E-state index contributed by atoms with van der Waals surface area (Å²) in [5.41, 5.74) is 2.62. The smallest absolute Gasteiger partial charge is 0.339 e. The van der Waals surface area contributed by atoms with Gasteiger partial charge in [0.05, 0.1) is 24.1 Å². The Morgan fingerprint density at radius 1 is 1.12 bits per heavy atom. The number of aromatic nitrogens is 5. The van der Waals surface area contributed by atoms with E-state index in [1.165, 1.54) is 18.9 Å². The summed E-state index contributed by atoms with van der Waals surface area (Å²) in [4.78, 5) is 28.7. The van der Waals surface area contributed by atoms with Crippen molar-refractivity contribution in [2.24, 2.45) is 7.05 Å². The van der Waals surface area contributed by atoms with Gasteiger partial charge in [0.1, 0.15) is 0 Å². The summed E-state index contributed by atoms with van der Waals surface area (Å²) in [6, 6.07) is 14.4. The summed E-state index contributed by atoms with van der Waals surface area (Å²) in [6.45, 7) is 2.00. The Bertz CT molecular complexity index is 1300. The van der Waals surface area contributed by atoms with Gasteiger partial charge in [-0.2, -0.15) is 4.98 Å². The van der Waals surface area contributed by atoms with E-state index < -0.39 is 5.97 Å². The molecule has 0 aliphatic heterocycles. The number of carbonyl (C=O) groups is 2. The van der Waals surface area contributed by atoms with Gasteiger partial charge in [-0.05, 0) is 19.1 Å². The second-order valence-electron chi connectivity index (χ2n) is 7.03. The zero-order valence-electron chi connectivity index (χ0n) is 18.1. The van der Waals surface area contributed by atoms with Gasteiger partial charge in [0.25, 0.3) is 5.89 Å². The molecule has 0 saturated carbocycles. The number of ether oxygens (including phenoxy) is 1. The molecule has 0 fully saturated rings. The monoisotopic (exact) mass is 464 g/mol. The Morgan fingerprint density at radius 2 is 1.88 bits per heavy atom. The predicted octanol–water partition coefficient (Wildman–Crippen LogP) is 3.36. The molecule has 2 heterocycles. The number of aryl methyl sites for hydroxylation is 1. The van der Waals surface area contributed by atoms with E-state index in [1.54, 1.807) is 35.9 Å². The van der Waals surface area contributed by atoms with Gasteiger partial charge in [-0.25, -0.2) is 4.79 Å². The molecule has 0 radical (unpaired) electrons. The number of hydrogen-bond donors (Lipinski definition) is 1. The van der Waals surface area contributed by atoms with Crippen molar-refractivity contribution < 1.29 is 18.8 Å². The number of carbonyl (C=O) groups excluding carboxylic acids is 2. The molecule has 0 aliphatic rings. The molecule has 2 aromatic carbocycles. The minimum Gasteiger partial charge on any atom is -0.465 e. The minimum absolute atomic E-state index is 0.0555. The molecule has 168 valence electrons. The number of thioether (sulfide) groups is 1. The van der Waals surface area contributed by atoms with Crippen molar-refractivity contribution >= 4 is 29.3 Å². The van der Waals surface area contributed by atoms with Gasteiger partial charge in [-0.1, -0.05) is 58.9 Å². The average molecular weight is 465 g/mol.